The molecule has 7 heteroatoms. The minimum atomic E-state index is -0.359. The van der Waals surface area contributed by atoms with Crippen LogP contribution >= 0.6 is 0 Å². The number of benzene rings is 1. The van der Waals surface area contributed by atoms with Crippen molar-refractivity contribution in [2.24, 2.45) is 0 Å². The Kier molecular flexibility index (Phi) is 12.1. The van der Waals surface area contributed by atoms with Gasteiger partial charge in [0.25, 0.3) is 0 Å². The molecule has 4 N–H and O–H groups in total. The lowest BCUT2D eigenvalue weighted by molar-refractivity contribution is -0.129. The van der Waals surface area contributed by atoms with Crippen LogP contribution in [0.5, 0.6) is 0 Å². The first-order valence-corrected chi connectivity index (χ1v) is 8.78. The summed E-state index contributed by atoms with van der Waals surface area (Å²) in [7, 11) is 0. The molecule has 2 rings (SSSR count). The standard InChI is InChI=1S/C14H20N2O3.C4H9NO/c17-13(15-12-8-4-3-5-9-12)10-6-1-2-7-11-14(18)16-19;1-3-6-4-2-5-1/h3-5,8-9,19H,1-2,6-7,10-11H2,(H,15,17)(H,16,18);5H,1-4H2. The van der Waals surface area contributed by atoms with Crippen molar-refractivity contribution in [2.75, 3.05) is 31.6 Å². The number of hydrogen-bond acceptors (Lipinski definition) is 5. The van der Waals surface area contributed by atoms with Gasteiger partial charge in [0.2, 0.25) is 11.8 Å². The highest BCUT2D eigenvalue weighted by Gasteiger charge is 2.02. The lowest BCUT2D eigenvalue weighted by atomic mass is 10.1. The van der Waals surface area contributed by atoms with Crippen LogP contribution in [0, 0.1) is 0 Å². The molecule has 1 aliphatic rings. The van der Waals surface area contributed by atoms with Crippen molar-refractivity contribution in [2.45, 2.75) is 38.5 Å². The van der Waals surface area contributed by atoms with Crippen LogP contribution in [0.2, 0.25) is 0 Å². The summed E-state index contributed by atoms with van der Waals surface area (Å²) in [6, 6.07) is 9.36. The number of anilines is 1. The molecule has 1 aliphatic heterocycles. The zero-order valence-electron chi connectivity index (χ0n) is 14.6. The number of amides is 2. The molecule has 0 spiro atoms. The second kappa shape index (κ2) is 14.4. The SMILES string of the molecule is C1COCCN1.O=C(CCCCCCC(=O)Nc1ccccc1)NO. The van der Waals surface area contributed by atoms with Gasteiger partial charge in [-0.2, -0.15) is 0 Å². The molecule has 0 bridgehead atoms. The van der Waals surface area contributed by atoms with Gasteiger partial charge in [0.15, 0.2) is 0 Å². The maximum Gasteiger partial charge on any atom is 0.243 e. The lowest BCUT2D eigenvalue weighted by Gasteiger charge is -2.10. The summed E-state index contributed by atoms with van der Waals surface area (Å²) >= 11 is 0. The molecule has 1 heterocycles. The first-order chi connectivity index (χ1) is 12.2. The Labute approximate surface area is 149 Å². The van der Waals surface area contributed by atoms with Gasteiger partial charge < -0.3 is 15.4 Å². The highest BCUT2D eigenvalue weighted by atomic mass is 16.5. The Hall–Kier alpha value is -1.96. The zero-order chi connectivity index (χ0) is 18.2. The second-order valence-corrected chi connectivity index (χ2v) is 5.73. The predicted octanol–water partition coefficient (Wildman–Crippen LogP) is 2.08. The maximum absolute atomic E-state index is 11.6. The van der Waals surface area contributed by atoms with Crippen LogP contribution in [-0.4, -0.2) is 43.3 Å². The number of carbonyl (C=O) groups excluding carboxylic acids is 2. The average molecular weight is 351 g/mol. The third kappa shape index (κ3) is 12.1. The summed E-state index contributed by atoms with van der Waals surface area (Å²) in [5.41, 5.74) is 2.41. The van der Waals surface area contributed by atoms with Crippen LogP contribution < -0.4 is 16.1 Å². The molecule has 0 atom stereocenters. The fourth-order valence-corrected chi connectivity index (χ4v) is 2.24. The highest BCUT2D eigenvalue weighted by molar-refractivity contribution is 5.90. The molecule has 2 amide bonds. The Morgan fingerprint density at radius 1 is 0.960 bits per heavy atom. The summed E-state index contributed by atoms with van der Waals surface area (Å²) in [6.45, 7) is 3.83. The third-order valence-electron chi connectivity index (χ3n) is 3.59. The van der Waals surface area contributed by atoms with E-state index in [0.29, 0.717) is 12.8 Å². The summed E-state index contributed by atoms with van der Waals surface area (Å²) < 4.78 is 5.01. The van der Waals surface area contributed by atoms with Crippen molar-refractivity contribution in [1.29, 1.82) is 0 Å². The van der Waals surface area contributed by atoms with E-state index >= 15 is 0 Å². The fraction of sp³-hybridized carbons (Fsp3) is 0.556. The van der Waals surface area contributed by atoms with Gasteiger partial charge in [-0.15, -0.1) is 0 Å². The number of unbranched alkanes of at least 4 members (excludes halogenated alkanes) is 3. The van der Waals surface area contributed by atoms with Crippen LogP contribution in [0.3, 0.4) is 0 Å². The van der Waals surface area contributed by atoms with Crippen LogP contribution in [0.1, 0.15) is 38.5 Å². The van der Waals surface area contributed by atoms with Crippen molar-refractivity contribution in [3.05, 3.63) is 30.3 Å². The Morgan fingerprint density at radius 3 is 2.04 bits per heavy atom. The summed E-state index contributed by atoms with van der Waals surface area (Å²) in [5, 5.41) is 14.3. The number of hydrogen-bond donors (Lipinski definition) is 4. The molecule has 0 saturated carbocycles. The summed E-state index contributed by atoms with van der Waals surface area (Å²) in [6.07, 6.45) is 4.13. The number of morpholine rings is 1. The van der Waals surface area contributed by atoms with Gasteiger partial charge in [-0.05, 0) is 25.0 Å². The maximum atomic E-state index is 11.6. The minimum Gasteiger partial charge on any atom is -0.379 e. The molecule has 1 fully saturated rings. The average Bonchev–Trinajstić information content (AvgIpc) is 2.67. The smallest absolute Gasteiger partial charge is 0.243 e. The van der Waals surface area contributed by atoms with Gasteiger partial charge in [0, 0.05) is 31.6 Å². The largest absolute Gasteiger partial charge is 0.379 e. The van der Waals surface area contributed by atoms with E-state index in [0.717, 1.165) is 57.7 Å². The second-order valence-electron chi connectivity index (χ2n) is 5.73. The van der Waals surface area contributed by atoms with Gasteiger partial charge in [-0.1, -0.05) is 31.0 Å². The van der Waals surface area contributed by atoms with E-state index in [1.165, 1.54) is 0 Å². The van der Waals surface area contributed by atoms with E-state index < -0.39 is 0 Å². The van der Waals surface area contributed by atoms with Gasteiger partial charge in [0.1, 0.15) is 0 Å². The van der Waals surface area contributed by atoms with Crippen molar-refractivity contribution < 1.29 is 19.5 Å². The molecule has 140 valence electrons. The molecule has 0 radical (unpaired) electrons. The molecule has 1 aromatic rings. The Balaban J connectivity index is 0.000000435. The minimum absolute atomic E-state index is 0.0132. The van der Waals surface area contributed by atoms with Gasteiger partial charge >= 0.3 is 0 Å². The van der Waals surface area contributed by atoms with Gasteiger partial charge in [-0.3, -0.25) is 14.8 Å². The van der Waals surface area contributed by atoms with Crippen LogP contribution in [0.25, 0.3) is 0 Å². The van der Waals surface area contributed by atoms with Crippen molar-refractivity contribution in [1.82, 2.24) is 10.8 Å². The first kappa shape index (κ1) is 21.1. The third-order valence-corrected chi connectivity index (χ3v) is 3.59. The zero-order valence-corrected chi connectivity index (χ0v) is 14.6. The van der Waals surface area contributed by atoms with E-state index in [2.05, 4.69) is 10.6 Å². The molecule has 0 unspecified atom stereocenters. The normalized spacial score (nSPS) is 13.3. The first-order valence-electron chi connectivity index (χ1n) is 8.78. The van der Waals surface area contributed by atoms with Crippen molar-refractivity contribution in [3.8, 4) is 0 Å². The van der Waals surface area contributed by atoms with Gasteiger partial charge in [0.05, 0.1) is 13.2 Å². The molecule has 1 aromatic carbocycles. The van der Waals surface area contributed by atoms with E-state index in [1.54, 1.807) is 5.48 Å². The predicted molar refractivity (Wildman–Crippen MR) is 96.4 cm³/mol. The van der Waals surface area contributed by atoms with E-state index in [4.69, 9.17) is 9.94 Å². The summed E-state index contributed by atoms with van der Waals surface area (Å²) in [4.78, 5) is 22.3. The van der Waals surface area contributed by atoms with Crippen LogP contribution in [-0.2, 0) is 14.3 Å². The fourth-order valence-electron chi connectivity index (χ4n) is 2.24. The van der Waals surface area contributed by atoms with E-state index in [-0.39, 0.29) is 11.8 Å². The monoisotopic (exact) mass is 351 g/mol. The number of carbonyl (C=O) groups is 2. The van der Waals surface area contributed by atoms with Crippen molar-refractivity contribution >= 4 is 17.5 Å². The number of nitrogens with one attached hydrogen (secondary N) is 3. The Bertz CT molecular complexity index is 467. The number of rotatable bonds is 8. The molecule has 1 saturated heterocycles. The molecular weight excluding hydrogens is 322 g/mol. The number of hydroxylamine groups is 1. The number of ether oxygens (including phenoxy) is 1. The van der Waals surface area contributed by atoms with E-state index in [9.17, 15) is 9.59 Å². The van der Waals surface area contributed by atoms with Gasteiger partial charge in [-0.25, -0.2) is 5.48 Å². The molecule has 7 nitrogen and oxygen atoms in total. The molecule has 0 aliphatic carbocycles. The van der Waals surface area contributed by atoms with Crippen LogP contribution in [0.15, 0.2) is 30.3 Å². The topological polar surface area (TPSA) is 99.7 Å². The van der Waals surface area contributed by atoms with E-state index in [1.807, 2.05) is 30.3 Å². The van der Waals surface area contributed by atoms with Crippen LogP contribution in [0.4, 0.5) is 5.69 Å². The molecule has 0 aromatic heterocycles. The number of para-hydroxylation sites is 1. The molecular formula is C18H29N3O4. The highest BCUT2D eigenvalue weighted by Crippen LogP contribution is 2.09. The quantitative estimate of drug-likeness (QED) is 0.326. The Morgan fingerprint density at radius 2 is 1.56 bits per heavy atom. The molecule has 25 heavy (non-hydrogen) atoms. The summed E-state index contributed by atoms with van der Waals surface area (Å²) in [5.74, 6) is -0.346. The lowest BCUT2D eigenvalue weighted by Crippen LogP contribution is -2.30. The van der Waals surface area contributed by atoms with Crippen molar-refractivity contribution in [3.63, 3.8) is 0 Å².